The van der Waals surface area contributed by atoms with Gasteiger partial charge < -0.3 is 9.64 Å². The summed E-state index contributed by atoms with van der Waals surface area (Å²) in [7, 11) is 0. The standard InChI is InChI=1S/C25H28N4O2/c1-19-9-11-22(12-10-19)31-24-23(8-4-13-26-24)25(30)29-15-5-14-28(16-17-29)18-21-7-3-6-20(2)27-21/h3-4,6-13H,5,14-18H2,1-2H3. The zero-order chi connectivity index (χ0) is 21.6. The quantitative estimate of drug-likeness (QED) is 0.623. The number of carbonyl (C=O) groups excluding carboxylic acids is 1. The number of hydrogen-bond donors (Lipinski definition) is 0. The van der Waals surface area contributed by atoms with Crippen molar-refractivity contribution in [1.82, 2.24) is 19.8 Å². The minimum Gasteiger partial charge on any atom is -0.438 e. The largest absolute Gasteiger partial charge is 0.438 e. The molecule has 6 heteroatoms. The van der Waals surface area contributed by atoms with Crippen molar-refractivity contribution >= 4 is 5.91 Å². The van der Waals surface area contributed by atoms with E-state index in [4.69, 9.17) is 4.74 Å². The Balaban J connectivity index is 1.43. The van der Waals surface area contributed by atoms with Crippen LogP contribution in [0.15, 0.2) is 60.8 Å². The third kappa shape index (κ3) is 5.47. The lowest BCUT2D eigenvalue weighted by atomic mass is 10.2. The molecular formula is C25H28N4O2. The monoisotopic (exact) mass is 416 g/mol. The van der Waals surface area contributed by atoms with Gasteiger partial charge in [0, 0.05) is 44.6 Å². The fourth-order valence-electron chi connectivity index (χ4n) is 3.77. The first kappa shape index (κ1) is 21.0. The molecule has 1 fully saturated rings. The normalized spacial score (nSPS) is 14.8. The Kier molecular flexibility index (Phi) is 6.57. The van der Waals surface area contributed by atoms with Gasteiger partial charge in [-0.15, -0.1) is 0 Å². The van der Waals surface area contributed by atoms with Crippen molar-refractivity contribution < 1.29 is 9.53 Å². The number of carbonyl (C=O) groups is 1. The summed E-state index contributed by atoms with van der Waals surface area (Å²) >= 11 is 0. The molecule has 1 aliphatic heterocycles. The molecule has 6 nitrogen and oxygen atoms in total. The smallest absolute Gasteiger partial charge is 0.259 e. The minimum absolute atomic E-state index is 0.0363. The van der Waals surface area contributed by atoms with Gasteiger partial charge in [-0.2, -0.15) is 0 Å². The van der Waals surface area contributed by atoms with E-state index >= 15 is 0 Å². The number of pyridine rings is 2. The van der Waals surface area contributed by atoms with Gasteiger partial charge in [0.25, 0.3) is 5.91 Å². The topological polar surface area (TPSA) is 58.6 Å². The van der Waals surface area contributed by atoms with Gasteiger partial charge >= 0.3 is 0 Å². The van der Waals surface area contributed by atoms with Crippen LogP contribution in [0.2, 0.25) is 0 Å². The molecular weight excluding hydrogens is 388 g/mol. The van der Waals surface area contributed by atoms with Gasteiger partial charge in [0.1, 0.15) is 11.3 Å². The Morgan fingerprint density at radius 1 is 0.968 bits per heavy atom. The number of aromatic nitrogens is 2. The van der Waals surface area contributed by atoms with E-state index in [1.165, 1.54) is 0 Å². The second-order valence-electron chi connectivity index (χ2n) is 7.96. The lowest BCUT2D eigenvalue weighted by molar-refractivity contribution is 0.0757. The highest BCUT2D eigenvalue weighted by Gasteiger charge is 2.24. The summed E-state index contributed by atoms with van der Waals surface area (Å²) < 4.78 is 5.94. The molecule has 2 aromatic heterocycles. The van der Waals surface area contributed by atoms with Gasteiger partial charge in [-0.3, -0.25) is 14.7 Å². The molecule has 4 rings (SSSR count). The highest BCUT2D eigenvalue weighted by Crippen LogP contribution is 2.25. The number of nitrogens with zero attached hydrogens (tertiary/aromatic N) is 4. The molecule has 0 unspecified atom stereocenters. The molecule has 3 aromatic rings. The van der Waals surface area contributed by atoms with E-state index in [1.807, 2.05) is 55.1 Å². The van der Waals surface area contributed by atoms with Gasteiger partial charge in [0.2, 0.25) is 5.88 Å². The van der Waals surface area contributed by atoms with E-state index in [2.05, 4.69) is 20.9 Å². The van der Waals surface area contributed by atoms with Crippen LogP contribution in [-0.4, -0.2) is 51.9 Å². The van der Waals surface area contributed by atoms with Gasteiger partial charge in [-0.1, -0.05) is 23.8 Å². The highest BCUT2D eigenvalue weighted by molar-refractivity contribution is 5.96. The highest BCUT2D eigenvalue weighted by atomic mass is 16.5. The van der Waals surface area contributed by atoms with Crippen LogP contribution in [-0.2, 0) is 6.54 Å². The van der Waals surface area contributed by atoms with Crippen LogP contribution in [0.4, 0.5) is 0 Å². The molecule has 160 valence electrons. The number of amides is 1. The van der Waals surface area contributed by atoms with Crippen LogP contribution >= 0.6 is 0 Å². The van der Waals surface area contributed by atoms with Crippen molar-refractivity contribution in [3.63, 3.8) is 0 Å². The molecule has 1 saturated heterocycles. The molecule has 1 aromatic carbocycles. The van der Waals surface area contributed by atoms with Gasteiger partial charge in [0.15, 0.2) is 0 Å². The summed E-state index contributed by atoms with van der Waals surface area (Å²) in [5.74, 6) is 0.984. The van der Waals surface area contributed by atoms with Crippen molar-refractivity contribution in [1.29, 1.82) is 0 Å². The lowest BCUT2D eigenvalue weighted by Crippen LogP contribution is -2.35. The molecule has 0 saturated carbocycles. The molecule has 0 atom stereocenters. The summed E-state index contributed by atoms with van der Waals surface area (Å²) in [6, 6.07) is 17.4. The fraction of sp³-hybridized carbons (Fsp3) is 0.320. The minimum atomic E-state index is -0.0363. The maximum atomic E-state index is 13.3. The van der Waals surface area contributed by atoms with Crippen molar-refractivity contribution in [2.45, 2.75) is 26.8 Å². The average molecular weight is 417 g/mol. The SMILES string of the molecule is Cc1ccc(Oc2ncccc2C(=O)N2CCCN(Cc3cccc(C)n3)CC2)cc1. The maximum Gasteiger partial charge on any atom is 0.259 e. The molecule has 0 spiro atoms. The van der Waals surface area contributed by atoms with E-state index in [-0.39, 0.29) is 5.91 Å². The zero-order valence-electron chi connectivity index (χ0n) is 18.1. The second kappa shape index (κ2) is 9.71. The lowest BCUT2D eigenvalue weighted by Gasteiger charge is -2.22. The van der Waals surface area contributed by atoms with E-state index in [0.29, 0.717) is 23.7 Å². The number of aryl methyl sites for hydroxylation is 2. The predicted molar refractivity (Wildman–Crippen MR) is 120 cm³/mol. The number of rotatable bonds is 5. The summed E-state index contributed by atoms with van der Waals surface area (Å²) in [5.41, 5.74) is 3.75. The first-order valence-electron chi connectivity index (χ1n) is 10.7. The third-order valence-corrected chi connectivity index (χ3v) is 5.44. The van der Waals surface area contributed by atoms with Crippen LogP contribution in [0.25, 0.3) is 0 Å². The van der Waals surface area contributed by atoms with Crippen LogP contribution in [0.3, 0.4) is 0 Å². The Bertz CT molecular complexity index is 1040. The Hall–Kier alpha value is -3.25. The maximum absolute atomic E-state index is 13.3. The average Bonchev–Trinajstić information content (AvgIpc) is 3.01. The van der Waals surface area contributed by atoms with E-state index in [0.717, 1.165) is 49.6 Å². The summed E-state index contributed by atoms with van der Waals surface area (Å²) in [5, 5.41) is 0. The van der Waals surface area contributed by atoms with Gasteiger partial charge in [0.05, 0.1) is 5.69 Å². The number of hydrogen-bond acceptors (Lipinski definition) is 5. The van der Waals surface area contributed by atoms with E-state index < -0.39 is 0 Å². The van der Waals surface area contributed by atoms with Gasteiger partial charge in [-0.25, -0.2) is 4.98 Å². The second-order valence-corrected chi connectivity index (χ2v) is 7.96. The van der Waals surface area contributed by atoms with E-state index in [1.54, 1.807) is 18.3 Å². The molecule has 0 aliphatic carbocycles. The first-order valence-corrected chi connectivity index (χ1v) is 10.7. The van der Waals surface area contributed by atoms with Crippen LogP contribution in [0.1, 0.15) is 33.7 Å². The number of benzene rings is 1. The van der Waals surface area contributed by atoms with Crippen molar-refractivity contribution in [2.24, 2.45) is 0 Å². The van der Waals surface area contributed by atoms with Crippen LogP contribution in [0.5, 0.6) is 11.6 Å². The zero-order valence-corrected chi connectivity index (χ0v) is 18.1. The summed E-state index contributed by atoms with van der Waals surface area (Å²) in [6.45, 7) is 7.99. The molecule has 1 aliphatic rings. The summed E-state index contributed by atoms with van der Waals surface area (Å²) in [4.78, 5) is 26.5. The third-order valence-electron chi connectivity index (χ3n) is 5.44. The molecule has 1 amide bonds. The van der Waals surface area contributed by atoms with Crippen molar-refractivity contribution in [3.8, 4) is 11.6 Å². The predicted octanol–water partition coefficient (Wildman–Crippen LogP) is 4.23. The van der Waals surface area contributed by atoms with E-state index in [9.17, 15) is 4.79 Å². The first-order chi connectivity index (χ1) is 15.1. The van der Waals surface area contributed by atoms with Crippen LogP contribution in [0, 0.1) is 13.8 Å². The summed E-state index contributed by atoms with van der Waals surface area (Å²) in [6.07, 6.45) is 2.57. The Morgan fingerprint density at radius 3 is 2.61 bits per heavy atom. The molecule has 0 N–H and O–H groups in total. The molecule has 31 heavy (non-hydrogen) atoms. The van der Waals surface area contributed by atoms with Crippen molar-refractivity contribution in [2.75, 3.05) is 26.2 Å². The van der Waals surface area contributed by atoms with Crippen molar-refractivity contribution in [3.05, 3.63) is 83.3 Å². The molecule has 3 heterocycles. The molecule has 0 radical (unpaired) electrons. The van der Waals surface area contributed by atoms with Crippen LogP contribution < -0.4 is 4.74 Å². The number of ether oxygens (including phenoxy) is 1. The fourth-order valence-corrected chi connectivity index (χ4v) is 3.77. The van der Waals surface area contributed by atoms with Gasteiger partial charge in [-0.05, 0) is 56.7 Å². The Labute approximate surface area is 183 Å². The molecule has 0 bridgehead atoms. The Morgan fingerprint density at radius 2 is 1.81 bits per heavy atom.